The number of rotatable bonds is 13. The Bertz CT molecular complexity index is 1780. The highest BCUT2D eigenvalue weighted by atomic mass is 16.6. The maximum absolute atomic E-state index is 13.5. The van der Waals surface area contributed by atoms with Gasteiger partial charge in [0.25, 0.3) is 0 Å². The monoisotopic (exact) mass is 624 g/mol. The van der Waals surface area contributed by atoms with Crippen LogP contribution in [0.2, 0.25) is 0 Å². The molecule has 0 saturated carbocycles. The van der Waals surface area contributed by atoms with Crippen molar-refractivity contribution in [2.24, 2.45) is 5.92 Å². The Labute approximate surface area is 266 Å². The van der Waals surface area contributed by atoms with Crippen LogP contribution in [-0.4, -0.2) is 61.8 Å². The number of hydrogen-bond donors (Lipinski definition) is 2. The summed E-state index contributed by atoms with van der Waals surface area (Å²) in [7, 11) is 0. The molecule has 0 radical (unpaired) electrons. The summed E-state index contributed by atoms with van der Waals surface area (Å²) in [4.78, 5) is 24.6. The highest BCUT2D eigenvalue weighted by molar-refractivity contribution is 5.93. The van der Waals surface area contributed by atoms with Crippen LogP contribution >= 0.6 is 0 Å². The van der Waals surface area contributed by atoms with E-state index < -0.39 is 29.1 Å². The minimum absolute atomic E-state index is 0.0105. The number of carbonyl (C=O) groups excluding carboxylic acids is 2. The molecule has 3 atom stereocenters. The van der Waals surface area contributed by atoms with Crippen molar-refractivity contribution >= 4 is 22.7 Å². The van der Waals surface area contributed by atoms with Crippen molar-refractivity contribution < 1.29 is 43.5 Å². The lowest BCUT2D eigenvalue weighted by atomic mass is 9.54. The van der Waals surface area contributed by atoms with Crippen molar-refractivity contribution in [2.75, 3.05) is 39.6 Å². The molecule has 238 valence electrons. The normalized spacial score (nSPS) is 20.8. The number of esters is 2. The lowest BCUT2D eigenvalue weighted by Crippen LogP contribution is -2.57. The van der Waals surface area contributed by atoms with Crippen molar-refractivity contribution in [2.45, 2.75) is 24.5 Å². The summed E-state index contributed by atoms with van der Waals surface area (Å²) < 4.78 is 27.9. The van der Waals surface area contributed by atoms with Gasteiger partial charge in [-0.25, -0.2) is 4.79 Å². The number of benzene rings is 4. The standard InChI is InChI=1S/C37H36O9/c1-3-34(38)45-19-17-42-16-18-43-32-14-15-33(26-9-5-4-8-25(26)32)44-20-21-46-35(39)31-23-36(40)27-10-6-7-11-28(27)37(31,41)29-13-12-24(2)22-30(29)36/h3-15,22,31,40-41H,1,16-21,23H2,2H3. The third kappa shape index (κ3) is 5.62. The van der Waals surface area contributed by atoms with E-state index in [1.165, 1.54) is 0 Å². The fourth-order valence-electron chi connectivity index (χ4n) is 6.55. The summed E-state index contributed by atoms with van der Waals surface area (Å²) in [5.41, 5.74) is 0.195. The number of aliphatic hydroxyl groups is 2. The van der Waals surface area contributed by atoms with Crippen LogP contribution in [0.15, 0.2) is 91.5 Å². The predicted octanol–water partition coefficient (Wildman–Crippen LogP) is 4.70. The first-order valence-corrected chi connectivity index (χ1v) is 15.2. The van der Waals surface area contributed by atoms with Crippen molar-refractivity contribution in [1.29, 1.82) is 0 Å². The van der Waals surface area contributed by atoms with Crippen molar-refractivity contribution in [1.82, 2.24) is 0 Å². The summed E-state index contributed by atoms with van der Waals surface area (Å²) in [5.74, 6) is -0.827. The highest BCUT2D eigenvalue weighted by Gasteiger charge is 2.62. The van der Waals surface area contributed by atoms with Gasteiger partial charge in [-0.05, 0) is 41.3 Å². The molecule has 0 spiro atoms. The largest absolute Gasteiger partial charge is 0.491 e. The van der Waals surface area contributed by atoms with E-state index in [-0.39, 0.29) is 32.8 Å². The summed E-state index contributed by atoms with van der Waals surface area (Å²) in [5, 5.41) is 25.8. The van der Waals surface area contributed by atoms with Crippen LogP contribution in [0.5, 0.6) is 11.5 Å². The molecular weight excluding hydrogens is 588 g/mol. The Morgan fingerprint density at radius 3 is 2.04 bits per heavy atom. The molecule has 3 aliphatic carbocycles. The first kappa shape index (κ1) is 31.3. The fourth-order valence-corrected chi connectivity index (χ4v) is 6.55. The molecule has 9 heteroatoms. The van der Waals surface area contributed by atoms with E-state index in [2.05, 4.69) is 6.58 Å². The zero-order chi connectivity index (χ0) is 32.3. The first-order chi connectivity index (χ1) is 22.3. The topological polar surface area (TPSA) is 121 Å². The Hall–Kier alpha value is -4.70. The average molecular weight is 625 g/mol. The minimum atomic E-state index is -1.63. The zero-order valence-corrected chi connectivity index (χ0v) is 25.6. The van der Waals surface area contributed by atoms with Crippen LogP contribution in [-0.2, 0) is 35.0 Å². The smallest absolute Gasteiger partial charge is 0.330 e. The summed E-state index contributed by atoms with van der Waals surface area (Å²) in [6.45, 7) is 6.32. The molecular formula is C37H36O9. The fraction of sp³-hybridized carbons (Fsp3) is 0.297. The summed E-state index contributed by atoms with van der Waals surface area (Å²) >= 11 is 0. The van der Waals surface area contributed by atoms with Gasteiger partial charge in [-0.15, -0.1) is 0 Å². The molecule has 0 heterocycles. The van der Waals surface area contributed by atoms with Crippen molar-refractivity contribution in [3.63, 3.8) is 0 Å². The third-order valence-electron chi connectivity index (χ3n) is 8.66. The number of ether oxygens (including phenoxy) is 5. The zero-order valence-electron chi connectivity index (χ0n) is 25.6. The third-order valence-corrected chi connectivity index (χ3v) is 8.66. The van der Waals surface area contributed by atoms with E-state index in [1.54, 1.807) is 30.3 Å². The SMILES string of the molecule is C=CC(=O)OCCOCCOc1ccc(OCCOC(=O)C2CC3(O)c4ccccc4C2(O)c2ccc(C)cc23)c2ccccc12. The van der Waals surface area contributed by atoms with Gasteiger partial charge in [-0.3, -0.25) is 4.79 Å². The van der Waals surface area contributed by atoms with Gasteiger partial charge in [0, 0.05) is 23.3 Å². The molecule has 2 N–H and O–H groups in total. The molecule has 0 aliphatic heterocycles. The predicted molar refractivity (Wildman–Crippen MR) is 170 cm³/mol. The van der Waals surface area contributed by atoms with Gasteiger partial charge in [0.05, 0.1) is 19.1 Å². The molecule has 7 rings (SSSR count). The van der Waals surface area contributed by atoms with E-state index in [0.717, 1.165) is 22.4 Å². The molecule has 9 nitrogen and oxygen atoms in total. The Morgan fingerprint density at radius 1 is 0.761 bits per heavy atom. The van der Waals surface area contributed by atoms with E-state index >= 15 is 0 Å². The van der Waals surface area contributed by atoms with Crippen molar-refractivity contribution in [3.8, 4) is 11.5 Å². The molecule has 4 aromatic carbocycles. The van der Waals surface area contributed by atoms with E-state index in [1.807, 2.05) is 55.5 Å². The average Bonchev–Trinajstić information content (AvgIpc) is 3.07. The van der Waals surface area contributed by atoms with Crippen LogP contribution in [0, 0.1) is 12.8 Å². The highest BCUT2D eigenvalue weighted by Crippen LogP contribution is 2.60. The van der Waals surface area contributed by atoms with E-state index in [9.17, 15) is 19.8 Å². The van der Waals surface area contributed by atoms with Crippen LogP contribution in [0.4, 0.5) is 0 Å². The first-order valence-electron chi connectivity index (χ1n) is 15.2. The Morgan fingerprint density at radius 2 is 1.35 bits per heavy atom. The second-order valence-corrected chi connectivity index (χ2v) is 11.4. The molecule has 0 amide bonds. The van der Waals surface area contributed by atoms with Gasteiger partial charge in [-0.2, -0.15) is 0 Å². The number of carbonyl (C=O) groups is 2. The molecule has 0 aromatic heterocycles. The maximum atomic E-state index is 13.5. The van der Waals surface area contributed by atoms with Gasteiger partial charge in [0.15, 0.2) is 0 Å². The maximum Gasteiger partial charge on any atom is 0.330 e. The molecule has 3 aliphatic rings. The van der Waals surface area contributed by atoms with Crippen LogP contribution < -0.4 is 9.47 Å². The second kappa shape index (κ2) is 13.0. The quantitative estimate of drug-likeness (QED) is 0.124. The summed E-state index contributed by atoms with van der Waals surface area (Å²) in [6, 6.07) is 24.0. The van der Waals surface area contributed by atoms with Gasteiger partial charge >= 0.3 is 11.9 Å². The number of fused-ring (bicyclic) bond motifs is 2. The van der Waals surface area contributed by atoms with Crippen molar-refractivity contribution in [3.05, 3.63) is 119 Å². The van der Waals surface area contributed by atoms with E-state index in [0.29, 0.717) is 47.0 Å². The lowest BCUT2D eigenvalue weighted by molar-refractivity contribution is -0.167. The van der Waals surface area contributed by atoms with E-state index in [4.69, 9.17) is 23.7 Å². The molecule has 3 unspecified atom stereocenters. The Balaban J connectivity index is 1.07. The van der Waals surface area contributed by atoms with Gasteiger partial charge in [-0.1, -0.05) is 78.9 Å². The molecule has 0 saturated heterocycles. The minimum Gasteiger partial charge on any atom is -0.491 e. The van der Waals surface area contributed by atoms with Crippen LogP contribution in [0.1, 0.15) is 34.2 Å². The van der Waals surface area contributed by atoms with Crippen LogP contribution in [0.25, 0.3) is 10.8 Å². The number of hydrogen-bond acceptors (Lipinski definition) is 9. The van der Waals surface area contributed by atoms with Gasteiger partial charge in [0.2, 0.25) is 0 Å². The number of aryl methyl sites for hydroxylation is 1. The lowest BCUT2D eigenvalue weighted by Gasteiger charge is -2.53. The summed E-state index contributed by atoms with van der Waals surface area (Å²) in [6.07, 6.45) is 1.11. The second-order valence-electron chi connectivity index (χ2n) is 11.4. The molecule has 46 heavy (non-hydrogen) atoms. The molecule has 0 fully saturated rings. The van der Waals surface area contributed by atoms with Gasteiger partial charge < -0.3 is 33.9 Å². The Kier molecular flexibility index (Phi) is 8.82. The van der Waals surface area contributed by atoms with Crippen LogP contribution in [0.3, 0.4) is 0 Å². The van der Waals surface area contributed by atoms with Gasteiger partial charge in [0.1, 0.15) is 49.1 Å². The molecule has 2 bridgehead atoms. The molecule has 4 aromatic rings.